The third-order valence-corrected chi connectivity index (χ3v) is 0. The Morgan fingerprint density at radius 1 is 0.500 bits per heavy atom. The Balaban J connectivity index is 0. The van der Waals surface area contributed by atoms with Crippen LogP contribution >= 0.6 is 0 Å². The van der Waals surface area contributed by atoms with Crippen LogP contribution in [0.2, 0.25) is 0 Å². The molecular weight excluding hydrogens is 289 g/mol. The zero-order valence-electron chi connectivity index (χ0n) is 3.01. The minimum atomic E-state index is 0. The van der Waals surface area contributed by atoms with Gasteiger partial charge in [-0.1, -0.05) is 0 Å². The van der Waals surface area contributed by atoms with E-state index in [4.69, 9.17) is 0 Å². The van der Waals surface area contributed by atoms with Crippen LogP contribution < -0.4 is 51.4 Å². The molecule has 0 unspecified atom stereocenters. The van der Waals surface area contributed by atoms with Gasteiger partial charge in [-0.2, -0.15) is 0 Å². The summed E-state index contributed by atoms with van der Waals surface area (Å²) in [5.74, 6) is 0. The molecule has 0 aliphatic carbocycles. The van der Waals surface area contributed by atoms with Gasteiger partial charge in [-0.25, -0.2) is 0 Å². The van der Waals surface area contributed by atoms with Crippen LogP contribution in [0.25, 0.3) is 0 Å². The second kappa shape index (κ2) is 58.8. The summed E-state index contributed by atoms with van der Waals surface area (Å²) in [6.45, 7) is 0. The van der Waals surface area contributed by atoms with Crippen molar-refractivity contribution >= 4 is 0 Å². The first-order valence-electron chi connectivity index (χ1n) is 0. The van der Waals surface area contributed by atoms with E-state index in [9.17, 15) is 0 Å². The summed E-state index contributed by atoms with van der Waals surface area (Å²) in [7, 11) is 0. The second-order valence-corrected chi connectivity index (χ2v) is 0. The van der Waals surface area contributed by atoms with Gasteiger partial charge in [-0.05, 0) is 0 Å². The Bertz CT molecular complexity index is 7.51. The fourth-order valence-corrected chi connectivity index (χ4v) is 0. The first-order chi connectivity index (χ1) is 0. The van der Waals surface area contributed by atoms with Gasteiger partial charge in [0.1, 0.15) is 0 Å². The maximum Gasteiger partial charge on any atom is 7.00 e. The van der Waals surface area contributed by atoms with E-state index in [2.05, 4.69) is 0 Å². The van der Waals surface area contributed by atoms with Gasteiger partial charge in [-0.3, -0.25) is 0 Å². The van der Waals surface area contributed by atoms with Crippen LogP contribution in [0.15, 0.2) is 0 Å². The molecule has 0 spiro atoms. The fourth-order valence-electron chi connectivity index (χ4n) is 0. The molecule has 0 radical (unpaired) electrons. The molecule has 0 saturated carbocycles. The second-order valence-electron chi connectivity index (χ2n) is 0. The summed E-state index contributed by atoms with van der Waals surface area (Å²) >= 11 is 0. The van der Waals surface area contributed by atoms with Gasteiger partial charge < -0.3 is 21.9 Å². The molecule has 0 N–H and O–H groups in total. The van der Waals surface area contributed by atoms with E-state index in [1.807, 2.05) is 0 Å². The van der Waals surface area contributed by atoms with E-state index in [1.54, 1.807) is 0 Å². The van der Waals surface area contributed by atoms with Crippen molar-refractivity contribution in [2.75, 3.05) is 0 Å². The number of rotatable bonds is 0. The maximum absolute atomic E-state index is 0. The van der Waals surface area contributed by atoms with Crippen molar-refractivity contribution in [3.05, 3.63) is 0 Å². The van der Waals surface area contributed by atoms with Crippen LogP contribution in [-0.2, 0) is 42.3 Å². The maximum atomic E-state index is 0. The molecule has 0 aliphatic heterocycles. The zero-order chi connectivity index (χ0) is 0. The van der Waals surface area contributed by atoms with Crippen LogP contribution in [0.5, 0.6) is 0 Å². The Morgan fingerprint density at radius 3 is 0.500 bits per heavy atom. The van der Waals surface area contributed by atoms with Crippen LogP contribution in [0, 0.1) is 0 Å². The minimum Gasteiger partial charge on any atom is -2.00 e. The molecule has 0 saturated heterocycles. The molecule has 4 nitrogen and oxygen atoms in total. The van der Waals surface area contributed by atoms with Gasteiger partial charge in [0.05, 0.1) is 0 Å². The summed E-state index contributed by atoms with van der Waals surface area (Å²) in [4.78, 5) is 0. The summed E-state index contributed by atoms with van der Waals surface area (Å²) in [5.41, 5.74) is 0. The van der Waals surface area contributed by atoms with Gasteiger partial charge >= 0.3 is 71.8 Å². The van der Waals surface area contributed by atoms with Gasteiger partial charge in [0.15, 0.2) is 0 Å². The smallest absolute Gasteiger partial charge is 2.00 e. The van der Waals surface area contributed by atoms with Crippen molar-refractivity contribution in [2.24, 2.45) is 0 Å². The Hall–Kier alpha value is 2.14. The van der Waals surface area contributed by atoms with Crippen molar-refractivity contribution in [3.63, 3.8) is 0 Å². The summed E-state index contributed by atoms with van der Waals surface area (Å²) in [6.07, 6.45) is 0. The largest absolute Gasteiger partial charge is 7.00 e. The van der Waals surface area contributed by atoms with E-state index in [0.29, 0.717) is 0 Å². The monoisotopic (exact) mass is 290 g/mol. The quantitative estimate of drug-likeness (QED) is 0.412. The normalized spacial score (nSPS) is 0. The summed E-state index contributed by atoms with van der Waals surface area (Å²) in [5, 5.41) is 0. The molecule has 0 aliphatic rings. The van der Waals surface area contributed by atoms with Crippen molar-refractivity contribution in [1.29, 1.82) is 0 Å². The Labute approximate surface area is 92.0 Å². The topological polar surface area (TPSA) is 114 Å². The van der Waals surface area contributed by atoms with Crippen molar-refractivity contribution in [1.82, 2.24) is 0 Å². The standard InChI is InChI=1S/K.4O.Re/q+1;4*-2;+7. The third-order valence-electron chi connectivity index (χ3n) is 0. The van der Waals surface area contributed by atoms with Crippen LogP contribution in [0.4, 0.5) is 0 Å². The third kappa shape index (κ3) is 35.4. The van der Waals surface area contributed by atoms with Gasteiger partial charge in [0.25, 0.3) is 0 Å². The predicted octanol–water partition coefficient (Wildman–Crippen LogP) is -3.47. The summed E-state index contributed by atoms with van der Waals surface area (Å²) < 4.78 is 0. The number of hydrogen-bond acceptors (Lipinski definition) is 0. The zero-order valence-corrected chi connectivity index (χ0v) is 8.85. The van der Waals surface area contributed by atoms with Crippen molar-refractivity contribution in [2.45, 2.75) is 0 Å². The van der Waals surface area contributed by atoms with E-state index in [0.717, 1.165) is 0 Å². The molecular formula is KO4Re. The molecule has 0 amide bonds. The molecule has 0 heterocycles. The minimum absolute atomic E-state index is 0. The van der Waals surface area contributed by atoms with E-state index in [1.165, 1.54) is 0 Å². The molecule has 6 heteroatoms. The van der Waals surface area contributed by atoms with Crippen LogP contribution in [0.3, 0.4) is 0 Å². The first-order valence-corrected chi connectivity index (χ1v) is 0. The molecule has 0 atom stereocenters. The molecule has 32 valence electrons. The Kier molecular flexibility index (Phi) is 889. The molecule has 6 heavy (non-hydrogen) atoms. The van der Waals surface area contributed by atoms with Crippen molar-refractivity contribution in [3.8, 4) is 0 Å². The number of hydrogen-bond donors (Lipinski definition) is 0. The van der Waals surface area contributed by atoms with Gasteiger partial charge in [0, 0.05) is 0 Å². The molecule has 0 bridgehead atoms. The molecule has 0 fully saturated rings. The van der Waals surface area contributed by atoms with E-state index in [-0.39, 0.29) is 93.7 Å². The fraction of sp³-hybridized carbons (Fsp3) is 0. The van der Waals surface area contributed by atoms with Crippen LogP contribution in [-0.4, -0.2) is 0 Å². The van der Waals surface area contributed by atoms with E-state index >= 15 is 0 Å². The predicted molar refractivity (Wildman–Crippen MR) is 2.75 cm³/mol. The molecule has 0 aromatic heterocycles. The van der Waals surface area contributed by atoms with E-state index < -0.39 is 0 Å². The average molecular weight is 289 g/mol. The van der Waals surface area contributed by atoms with Crippen LogP contribution in [0.1, 0.15) is 0 Å². The molecule has 0 aromatic rings. The molecule has 0 aromatic carbocycles. The Morgan fingerprint density at radius 2 is 0.500 bits per heavy atom. The molecule has 0 rings (SSSR count). The first kappa shape index (κ1) is 90.7. The van der Waals surface area contributed by atoms with Gasteiger partial charge in [0.2, 0.25) is 0 Å². The van der Waals surface area contributed by atoms with Gasteiger partial charge in [-0.15, -0.1) is 0 Å². The van der Waals surface area contributed by atoms with Crippen molar-refractivity contribution < 1.29 is 93.7 Å². The SMILES string of the molecule is [K+].[O-2].[O-2].[O-2].[O-2].[Re+7]. The average Bonchev–Trinajstić information content (AvgIpc) is 0. The summed E-state index contributed by atoms with van der Waals surface area (Å²) in [6, 6.07) is 0.